The van der Waals surface area contributed by atoms with Gasteiger partial charge in [-0.15, -0.1) is 0 Å². The first kappa shape index (κ1) is 16.0. The molecule has 122 valence electrons. The fraction of sp³-hybridized carbons (Fsp3) is 0.700. The molecule has 2 aliphatic rings. The molecular weight excluding hydrogens is 268 g/mol. The van der Waals surface area contributed by atoms with E-state index >= 15 is 0 Å². The van der Waals surface area contributed by atoms with Gasteiger partial charge in [-0.3, -0.25) is 0 Å². The lowest BCUT2D eigenvalue weighted by Crippen LogP contribution is -2.29. The van der Waals surface area contributed by atoms with Gasteiger partial charge in [-0.25, -0.2) is 0 Å². The van der Waals surface area contributed by atoms with Gasteiger partial charge in [0.1, 0.15) is 0 Å². The molecule has 22 heavy (non-hydrogen) atoms. The molecule has 2 atom stereocenters. The Hall–Kier alpha value is -0.860. The number of benzene rings is 1. The maximum absolute atomic E-state index is 3.75. The molecule has 0 bridgehead atoms. The van der Waals surface area contributed by atoms with Crippen molar-refractivity contribution in [2.24, 2.45) is 5.92 Å². The molecule has 0 amide bonds. The van der Waals surface area contributed by atoms with E-state index in [1.807, 2.05) is 0 Å². The minimum Gasteiger partial charge on any atom is -0.310 e. The fourth-order valence-corrected chi connectivity index (χ4v) is 3.53. The van der Waals surface area contributed by atoms with Crippen LogP contribution in [0.1, 0.15) is 64.1 Å². The highest BCUT2D eigenvalue weighted by atomic mass is 15.2. The average molecular weight is 300 g/mol. The normalized spacial score (nSPS) is 24.6. The van der Waals surface area contributed by atoms with Crippen LogP contribution >= 0.6 is 0 Å². The molecule has 1 aliphatic heterocycles. The number of rotatable bonds is 5. The van der Waals surface area contributed by atoms with Crippen LogP contribution in [-0.2, 0) is 5.41 Å². The van der Waals surface area contributed by atoms with Crippen LogP contribution in [0.15, 0.2) is 24.3 Å². The Labute approximate surface area is 136 Å². The quantitative estimate of drug-likeness (QED) is 0.880. The van der Waals surface area contributed by atoms with Gasteiger partial charge in [0.15, 0.2) is 0 Å². The molecule has 2 heteroatoms. The maximum Gasteiger partial charge on any atom is 0.0291 e. The lowest BCUT2D eigenvalue weighted by atomic mass is 9.86. The van der Waals surface area contributed by atoms with Crippen molar-refractivity contribution in [3.05, 3.63) is 35.4 Å². The molecule has 1 N–H and O–H groups in total. The number of nitrogens with one attached hydrogen (secondary N) is 1. The fourth-order valence-electron chi connectivity index (χ4n) is 3.53. The summed E-state index contributed by atoms with van der Waals surface area (Å²) in [5.41, 5.74) is 3.06. The second kappa shape index (κ2) is 6.33. The zero-order valence-corrected chi connectivity index (χ0v) is 14.7. The van der Waals surface area contributed by atoms with Gasteiger partial charge in [-0.1, -0.05) is 45.0 Å². The van der Waals surface area contributed by atoms with E-state index in [-0.39, 0.29) is 5.41 Å². The molecule has 2 nitrogen and oxygen atoms in total. The molecule has 1 heterocycles. The Bertz CT molecular complexity index is 481. The zero-order chi connectivity index (χ0) is 15.7. The molecule has 1 aliphatic carbocycles. The molecule has 1 aromatic rings. The maximum atomic E-state index is 3.75. The van der Waals surface area contributed by atoms with E-state index in [9.17, 15) is 0 Å². The van der Waals surface area contributed by atoms with Crippen molar-refractivity contribution in [1.29, 1.82) is 0 Å². The monoisotopic (exact) mass is 300 g/mol. The van der Waals surface area contributed by atoms with E-state index in [2.05, 4.69) is 62.2 Å². The lowest BCUT2D eigenvalue weighted by molar-refractivity contribution is 0.310. The second-order valence-corrected chi connectivity index (χ2v) is 8.38. The van der Waals surface area contributed by atoms with E-state index in [1.165, 1.54) is 43.5 Å². The molecule has 0 spiro atoms. The molecule has 2 unspecified atom stereocenters. The topological polar surface area (TPSA) is 15.3 Å². The van der Waals surface area contributed by atoms with Crippen LogP contribution in [0.25, 0.3) is 0 Å². The van der Waals surface area contributed by atoms with Crippen molar-refractivity contribution >= 4 is 0 Å². The Morgan fingerprint density at radius 2 is 1.82 bits per heavy atom. The highest BCUT2D eigenvalue weighted by Gasteiger charge is 2.34. The van der Waals surface area contributed by atoms with Gasteiger partial charge in [-0.05, 0) is 61.7 Å². The van der Waals surface area contributed by atoms with Crippen LogP contribution < -0.4 is 5.32 Å². The first-order valence-electron chi connectivity index (χ1n) is 9.01. The van der Waals surface area contributed by atoms with Crippen molar-refractivity contribution in [3.63, 3.8) is 0 Å². The van der Waals surface area contributed by atoms with Gasteiger partial charge in [0.05, 0.1) is 0 Å². The van der Waals surface area contributed by atoms with Gasteiger partial charge < -0.3 is 10.2 Å². The van der Waals surface area contributed by atoms with Crippen LogP contribution in [0.4, 0.5) is 0 Å². The second-order valence-electron chi connectivity index (χ2n) is 8.38. The van der Waals surface area contributed by atoms with Gasteiger partial charge >= 0.3 is 0 Å². The largest absolute Gasteiger partial charge is 0.310 e. The summed E-state index contributed by atoms with van der Waals surface area (Å²) in [6.45, 7) is 12.9. The summed E-state index contributed by atoms with van der Waals surface area (Å²) >= 11 is 0. The van der Waals surface area contributed by atoms with Crippen molar-refractivity contribution in [2.45, 2.75) is 64.5 Å². The number of nitrogens with zero attached hydrogens (tertiary/aromatic N) is 1. The summed E-state index contributed by atoms with van der Waals surface area (Å²) in [5.74, 6) is 0.844. The Morgan fingerprint density at radius 3 is 2.41 bits per heavy atom. The third-order valence-electron chi connectivity index (χ3n) is 5.37. The van der Waals surface area contributed by atoms with Gasteiger partial charge in [0.25, 0.3) is 0 Å². The highest BCUT2D eigenvalue weighted by Crippen LogP contribution is 2.31. The number of hydrogen-bond donors (Lipinski definition) is 1. The van der Waals surface area contributed by atoms with E-state index < -0.39 is 0 Å². The third-order valence-corrected chi connectivity index (χ3v) is 5.37. The Morgan fingerprint density at radius 1 is 1.14 bits per heavy atom. The SMILES string of the molecule is CC(NCC1CCN(C2CC2)C1)c1ccc(C(C)(C)C)cc1. The number of hydrogen-bond acceptors (Lipinski definition) is 2. The first-order valence-corrected chi connectivity index (χ1v) is 9.01. The van der Waals surface area contributed by atoms with Crippen LogP contribution in [0.2, 0.25) is 0 Å². The molecule has 2 fully saturated rings. The van der Waals surface area contributed by atoms with E-state index in [0.717, 1.165) is 18.5 Å². The molecule has 3 rings (SSSR count). The minimum absolute atomic E-state index is 0.241. The summed E-state index contributed by atoms with van der Waals surface area (Å²) in [6, 6.07) is 10.6. The zero-order valence-electron chi connectivity index (χ0n) is 14.7. The molecule has 1 saturated carbocycles. The highest BCUT2D eigenvalue weighted by molar-refractivity contribution is 5.29. The van der Waals surface area contributed by atoms with Gasteiger partial charge in [0.2, 0.25) is 0 Å². The van der Waals surface area contributed by atoms with E-state index in [1.54, 1.807) is 0 Å². The smallest absolute Gasteiger partial charge is 0.0291 e. The Kier molecular flexibility index (Phi) is 4.61. The van der Waals surface area contributed by atoms with Crippen molar-refractivity contribution in [3.8, 4) is 0 Å². The molecule has 1 aromatic carbocycles. The first-order chi connectivity index (χ1) is 10.4. The molecule has 0 radical (unpaired) electrons. The van der Waals surface area contributed by atoms with E-state index in [0.29, 0.717) is 6.04 Å². The van der Waals surface area contributed by atoms with Gasteiger partial charge in [0, 0.05) is 18.6 Å². The van der Waals surface area contributed by atoms with Gasteiger partial charge in [-0.2, -0.15) is 0 Å². The van der Waals surface area contributed by atoms with Crippen molar-refractivity contribution < 1.29 is 0 Å². The van der Waals surface area contributed by atoms with Crippen LogP contribution in [0.5, 0.6) is 0 Å². The summed E-state index contributed by atoms with van der Waals surface area (Å²) in [4.78, 5) is 2.70. The standard InChI is InChI=1S/C20H32N2/c1-15(17-5-7-18(8-6-17)20(2,3)4)21-13-16-11-12-22(14-16)19-9-10-19/h5-8,15-16,19,21H,9-14H2,1-4H3. The van der Waals surface area contributed by atoms with Crippen LogP contribution in [0.3, 0.4) is 0 Å². The summed E-state index contributed by atoms with van der Waals surface area (Å²) in [5, 5.41) is 3.75. The lowest BCUT2D eigenvalue weighted by Gasteiger charge is -2.21. The van der Waals surface area contributed by atoms with Crippen LogP contribution in [0, 0.1) is 5.92 Å². The van der Waals surface area contributed by atoms with Crippen molar-refractivity contribution in [2.75, 3.05) is 19.6 Å². The van der Waals surface area contributed by atoms with Crippen molar-refractivity contribution in [1.82, 2.24) is 10.2 Å². The Balaban J connectivity index is 1.48. The predicted molar refractivity (Wildman–Crippen MR) is 94.3 cm³/mol. The third kappa shape index (κ3) is 3.91. The minimum atomic E-state index is 0.241. The number of likely N-dealkylation sites (tertiary alicyclic amines) is 1. The summed E-state index contributed by atoms with van der Waals surface area (Å²) in [6.07, 6.45) is 4.26. The molecule has 1 saturated heterocycles. The predicted octanol–water partition coefficient (Wildman–Crippen LogP) is 4.12. The molecular formula is C20H32N2. The molecule has 0 aromatic heterocycles. The average Bonchev–Trinajstić information content (AvgIpc) is 3.23. The van der Waals surface area contributed by atoms with E-state index in [4.69, 9.17) is 0 Å². The summed E-state index contributed by atoms with van der Waals surface area (Å²) < 4.78 is 0. The summed E-state index contributed by atoms with van der Waals surface area (Å²) in [7, 11) is 0. The van der Waals surface area contributed by atoms with Crippen LogP contribution in [-0.4, -0.2) is 30.6 Å².